The van der Waals surface area contributed by atoms with Gasteiger partial charge >= 0.3 is 0 Å². The molecule has 2 aromatic heterocycles. The molecule has 4 heterocycles. The van der Waals surface area contributed by atoms with Crippen molar-refractivity contribution in [2.45, 2.75) is 44.8 Å². The van der Waals surface area contributed by atoms with Gasteiger partial charge in [0.25, 0.3) is 0 Å². The Morgan fingerprint density at radius 1 is 1.19 bits per heavy atom. The first-order chi connectivity index (χ1) is 18.1. The van der Waals surface area contributed by atoms with Crippen molar-refractivity contribution in [3.63, 3.8) is 0 Å². The topological polar surface area (TPSA) is 191 Å². The Kier molecular flexibility index (Phi) is 9.90. The summed E-state index contributed by atoms with van der Waals surface area (Å²) in [5.41, 5.74) is 13.3. The molecule has 2 aliphatic rings. The molecule has 0 radical (unpaired) electrons. The first-order valence-corrected chi connectivity index (χ1v) is 12.8. The molecule has 37 heavy (non-hydrogen) atoms. The number of nitrogens with one attached hydrogen (secondary N) is 3. The fourth-order valence-corrected chi connectivity index (χ4v) is 4.37. The summed E-state index contributed by atoms with van der Waals surface area (Å²) in [6, 6.07) is 2.31. The Balaban J connectivity index is 1.37. The Hall–Kier alpha value is -3.43. The van der Waals surface area contributed by atoms with Gasteiger partial charge in [0, 0.05) is 64.4 Å². The number of hydrogen-bond acceptors (Lipinski definition) is 12. The van der Waals surface area contributed by atoms with E-state index in [2.05, 4.69) is 41.1 Å². The zero-order chi connectivity index (χ0) is 25.9. The SMILES string of the molecule is N=NN=C(N)CCN1CCC(Nc2cc(N3CCOCC3)nc(NCc3cn(CCCO)nn3)n2)CC1. The van der Waals surface area contributed by atoms with E-state index in [4.69, 9.17) is 31.1 Å². The average Bonchev–Trinajstić information content (AvgIpc) is 3.39. The van der Waals surface area contributed by atoms with Crippen molar-refractivity contribution in [3.8, 4) is 0 Å². The zero-order valence-corrected chi connectivity index (χ0v) is 21.1. The monoisotopic (exact) mass is 515 g/mol. The van der Waals surface area contributed by atoms with Crippen molar-refractivity contribution in [1.82, 2.24) is 29.9 Å². The van der Waals surface area contributed by atoms with E-state index in [-0.39, 0.29) is 6.61 Å². The maximum absolute atomic E-state index is 9.01. The van der Waals surface area contributed by atoms with Gasteiger partial charge in [0.1, 0.15) is 23.2 Å². The van der Waals surface area contributed by atoms with Gasteiger partial charge < -0.3 is 36.0 Å². The number of piperidine rings is 1. The first-order valence-electron chi connectivity index (χ1n) is 12.8. The highest BCUT2D eigenvalue weighted by molar-refractivity contribution is 5.80. The summed E-state index contributed by atoms with van der Waals surface area (Å²) in [6.07, 6.45) is 5.08. The van der Waals surface area contributed by atoms with Crippen molar-refractivity contribution in [3.05, 3.63) is 18.0 Å². The van der Waals surface area contributed by atoms with Crippen LogP contribution in [-0.4, -0.2) is 99.4 Å². The standard InChI is InChI=1S/C22H37N13O2/c23-19(30-31-24)4-8-33-6-2-17(3-7-33)26-20-14-21(34-9-12-37-13-10-34)28-22(27-20)25-15-18-16-35(32-29-18)5-1-11-36/h14,16-17,36H,1-13,15H2,(H3,23,24,30)(H2,25,26,27,28). The van der Waals surface area contributed by atoms with E-state index >= 15 is 0 Å². The Morgan fingerprint density at radius 2 is 2.00 bits per heavy atom. The van der Waals surface area contributed by atoms with Gasteiger partial charge in [-0.25, -0.2) is 0 Å². The number of nitrogens with zero attached hydrogens (tertiary/aromatic N) is 9. The third-order valence-corrected chi connectivity index (χ3v) is 6.41. The van der Waals surface area contributed by atoms with Crippen molar-refractivity contribution in [2.24, 2.45) is 16.1 Å². The molecule has 202 valence electrons. The number of aliphatic hydroxyl groups is 1. The van der Waals surface area contributed by atoms with Gasteiger partial charge in [-0.15, -0.1) is 10.2 Å². The molecule has 2 saturated heterocycles. The van der Waals surface area contributed by atoms with Crippen molar-refractivity contribution in [2.75, 3.05) is 68.1 Å². The smallest absolute Gasteiger partial charge is 0.226 e. The molecule has 4 rings (SSSR count). The number of rotatable bonds is 13. The molecule has 6 N–H and O–H groups in total. The summed E-state index contributed by atoms with van der Waals surface area (Å²) in [4.78, 5) is 14.1. The molecule has 0 saturated carbocycles. The molecule has 2 aliphatic heterocycles. The maximum Gasteiger partial charge on any atom is 0.226 e. The first kappa shape index (κ1) is 26.6. The number of hydrogen-bond donors (Lipinski definition) is 5. The van der Waals surface area contributed by atoms with Gasteiger partial charge in [-0.3, -0.25) is 4.68 Å². The van der Waals surface area contributed by atoms with Crippen LogP contribution in [0.15, 0.2) is 22.6 Å². The predicted molar refractivity (Wildman–Crippen MR) is 139 cm³/mol. The number of aliphatic hydroxyl groups excluding tert-OH is 1. The highest BCUT2D eigenvalue weighted by atomic mass is 16.5. The molecule has 0 aromatic carbocycles. The second-order valence-electron chi connectivity index (χ2n) is 9.14. The molecule has 2 aromatic rings. The molecular weight excluding hydrogens is 478 g/mol. The van der Waals surface area contributed by atoms with Gasteiger partial charge in [0.15, 0.2) is 0 Å². The number of aromatic nitrogens is 5. The van der Waals surface area contributed by atoms with Crippen LogP contribution in [0.1, 0.15) is 31.4 Å². The van der Waals surface area contributed by atoms with Crippen LogP contribution in [0, 0.1) is 5.53 Å². The van der Waals surface area contributed by atoms with E-state index in [1.165, 1.54) is 0 Å². The van der Waals surface area contributed by atoms with Crippen molar-refractivity contribution >= 4 is 23.4 Å². The normalized spacial score (nSPS) is 17.6. The second kappa shape index (κ2) is 13.8. The minimum Gasteiger partial charge on any atom is -0.396 e. The lowest BCUT2D eigenvalue weighted by Crippen LogP contribution is -2.40. The quantitative estimate of drug-likeness (QED) is 0.108. The number of anilines is 3. The second-order valence-corrected chi connectivity index (χ2v) is 9.14. The van der Waals surface area contributed by atoms with E-state index in [0.717, 1.165) is 62.9 Å². The number of amidine groups is 1. The molecule has 0 unspecified atom stereocenters. The average molecular weight is 516 g/mol. The van der Waals surface area contributed by atoms with E-state index < -0.39 is 0 Å². The minimum absolute atomic E-state index is 0.122. The highest BCUT2D eigenvalue weighted by Crippen LogP contribution is 2.22. The predicted octanol–water partition coefficient (Wildman–Crippen LogP) is 0.469. The van der Waals surface area contributed by atoms with Gasteiger partial charge in [0.2, 0.25) is 5.95 Å². The molecule has 0 amide bonds. The van der Waals surface area contributed by atoms with Crippen LogP contribution in [0.4, 0.5) is 17.6 Å². The molecule has 0 aliphatic carbocycles. The Bertz CT molecular complexity index is 1020. The molecular formula is C22H37N13O2. The zero-order valence-electron chi connectivity index (χ0n) is 21.1. The summed E-state index contributed by atoms with van der Waals surface area (Å²) in [7, 11) is 0. The summed E-state index contributed by atoms with van der Waals surface area (Å²) in [6.45, 7) is 6.82. The third-order valence-electron chi connectivity index (χ3n) is 6.41. The van der Waals surface area contributed by atoms with E-state index in [1.54, 1.807) is 4.68 Å². The van der Waals surface area contributed by atoms with Crippen LogP contribution in [0.25, 0.3) is 0 Å². The summed E-state index contributed by atoms with van der Waals surface area (Å²) in [5.74, 6) is 2.57. The number of ether oxygens (including phenoxy) is 1. The molecule has 15 nitrogen and oxygen atoms in total. The van der Waals surface area contributed by atoms with Gasteiger partial charge in [-0.1, -0.05) is 10.4 Å². The van der Waals surface area contributed by atoms with Crippen LogP contribution in [0.2, 0.25) is 0 Å². The summed E-state index contributed by atoms with van der Waals surface area (Å²) in [5, 5.41) is 30.8. The van der Waals surface area contributed by atoms with E-state index in [1.807, 2.05) is 12.3 Å². The molecule has 15 heteroatoms. The van der Waals surface area contributed by atoms with Crippen LogP contribution in [-0.2, 0) is 17.8 Å². The van der Waals surface area contributed by atoms with Crippen molar-refractivity contribution < 1.29 is 9.84 Å². The third kappa shape index (κ3) is 8.30. The Morgan fingerprint density at radius 3 is 2.76 bits per heavy atom. The van der Waals surface area contributed by atoms with Crippen LogP contribution >= 0.6 is 0 Å². The lowest BCUT2D eigenvalue weighted by molar-refractivity contribution is 0.122. The lowest BCUT2D eigenvalue weighted by Gasteiger charge is -2.33. The molecule has 0 spiro atoms. The van der Waals surface area contributed by atoms with Crippen LogP contribution in [0.3, 0.4) is 0 Å². The number of morpholine rings is 1. The van der Waals surface area contributed by atoms with Gasteiger partial charge in [-0.05, 0) is 19.3 Å². The minimum atomic E-state index is 0.122. The number of likely N-dealkylation sites (tertiary alicyclic amines) is 1. The van der Waals surface area contributed by atoms with Crippen LogP contribution in [0.5, 0.6) is 0 Å². The molecule has 0 atom stereocenters. The number of aryl methyl sites for hydroxylation is 1. The fraction of sp³-hybridized carbons (Fsp3) is 0.682. The van der Waals surface area contributed by atoms with Crippen molar-refractivity contribution in [1.29, 1.82) is 5.53 Å². The lowest BCUT2D eigenvalue weighted by atomic mass is 10.0. The molecule has 0 bridgehead atoms. The van der Waals surface area contributed by atoms with Crippen LogP contribution < -0.4 is 21.3 Å². The van der Waals surface area contributed by atoms with Gasteiger partial charge in [-0.2, -0.15) is 15.5 Å². The van der Waals surface area contributed by atoms with Gasteiger partial charge in [0.05, 0.1) is 26.0 Å². The Labute approximate surface area is 216 Å². The summed E-state index contributed by atoms with van der Waals surface area (Å²) < 4.78 is 7.24. The van der Waals surface area contributed by atoms with E-state index in [0.29, 0.717) is 57.0 Å². The largest absolute Gasteiger partial charge is 0.396 e. The highest BCUT2D eigenvalue weighted by Gasteiger charge is 2.21. The molecule has 2 fully saturated rings. The number of nitrogens with two attached hydrogens (primary N) is 1. The van der Waals surface area contributed by atoms with E-state index in [9.17, 15) is 0 Å². The maximum atomic E-state index is 9.01. The summed E-state index contributed by atoms with van der Waals surface area (Å²) >= 11 is 0. The fourth-order valence-electron chi connectivity index (χ4n) is 4.37.